The molecule has 0 spiro atoms. The standard InChI is InChI=1S/C7H15NO5/c1-8(12-2)7-6(11)5(10)4(9)3-13-7/h4-7,9-11H,3H2,1-2H3/t4-,5?,6-,7-/m1/s1. The fourth-order valence-corrected chi connectivity index (χ4v) is 1.21. The van der Waals surface area contributed by atoms with E-state index in [-0.39, 0.29) is 6.61 Å². The van der Waals surface area contributed by atoms with E-state index in [1.54, 1.807) is 7.05 Å². The highest BCUT2D eigenvalue weighted by molar-refractivity contribution is 4.84. The van der Waals surface area contributed by atoms with Crippen LogP contribution < -0.4 is 0 Å². The Bertz CT molecular complexity index is 167. The molecule has 0 radical (unpaired) electrons. The van der Waals surface area contributed by atoms with Crippen molar-refractivity contribution in [3.8, 4) is 0 Å². The van der Waals surface area contributed by atoms with Crippen molar-refractivity contribution in [2.45, 2.75) is 24.5 Å². The summed E-state index contributed by atoms with van der Waals surface area (Å²) < 4.78 is 5.07. The van der Waals surface area contributed by atoms with E-state index in [1.807, 2.05) is 0 Å². The van der Waals surface area contributed by atoms with E-state index in [1.165, 1.54) is 12.2 Å². The Morgan fingerprint density at radius 1 is 1.31 bits per heavy atom. The van der Waals surface area contributed by atoms with Crippen LogP contribution in [0.3, 0.4) is 0 Å². The van der Waals surface area contributed by atoms with E-state index in [2.05, 4.69) is 0 Å². The molecule has 6 nitrogen and oxygen atoms in total. The van der Waals surface area contributed by atoms with Crippen molar-refractivity contribution in [2.24, 2.45) is 0 Å². The lowest BCUT2D eigenvalue weighted by molar-refractivity contribution is -0.296. The molecule has 0 aromatic heterocycles. The largest absolute Gasteiger partial charge is 0.388 e. The molecule has 3 N–H and O–H groups in total. The Hall–Kier alpha value is -0.240. The number of nitrogens with zero attached hydrogens (tertiary/aromatic N) is 1. The number of ether oxygens (including phenoxy) is 1. The van der Waals surface area contributed by atoms with Gasteiger partial charge in [-0.25, -0.2) is 0 Å². The average molecular weight is 193 g/mol. The summed E-state index contributed by atoms with van der Waals surface area (Å²) >= 11 is 0. The normalized spacial score (nSPS) is 41.1. The van der Waals surface area contributed by atoms with E-state index in [0.717, 1.165) is 0 Å². The molecule has 0 aromatic carbocycles. The van der Waals surface area contributed by atoms with Crippen LogP contribution in [-0.2, 0) is 9.57 Å². The van der Waals surface area contributed by atoms with Gasteiger partial charge in [0.05, 0.1) is 13.7 Å². The fourth-order valence-electron chi connectivity index (χ4n) is 1.21. The number of rotatable bonds is 2. The van der Waals surface area contributed by atoms with Gasteiger partial charge in [-0.05, 0) is 0 Å². The molecular formula is C7H15NO5. The smallest absolute Gasteiger partial charge is 0.161 e. The molecule has 13 heavy (non-hydrogen) atoms. The molecule has 0 aromatic rings. The Labute approximate surface area is 76.2 Å². The zero-order valence-corrected chi connectivity index (χ0v) is 7.62. The lowest BCUT2D eigenvalue weighted by Gasteiger charge is -2.38. The van der Waals surface area contributed by atoms with Crippen molar-refractivity contribution >= 4 is 0 Å². The third-order valence-electron chi connectivity index (χ3n) is 2.12. The summed E-state index contributed by atoms with van der Waals surface area (Å²) in [6, 6.07) is 0. The summed E-state index contributed by atoms with van der Waals surface area (Å²) in [7, 11) is 2.99. The van der Waals surface area contributed by atoms with Gasteiger partial charge >= 0.3 is 0 Å². The Kier molecular flexibility index (Phi) is 3.60. The van der Waals surface area contributed by atoms with Crippen molar-refractivity contribution < 1.29 is 24.9 Å². The van der Waals surface area contributed by atoms with Gasteiger partial charge in [0.1, 0.15) is 18.3 Å². The van der Waals surface area contributed by atoms with Crippen LogP contribution in [-0.4, -0.2) is 65.7 Å². The Balaban J connectivity index is 2.58. The summed E-state index contributed by atoms with van der Waals surface area (Å²) in [5, 5.41) is 29.2. The zero-order chi connectivity index (χ0) is 10.0. The first-order chi connectivity index (χ1) is 6.07. The molecule has 0 saturated carbocycles. The van der Waals surface area contributed by atoms with Gasteiger partial charge in [-0.15, -0.1) is 0 Å². The maximum Gasteiger partial charge on any atom is 0.161 e. The van der Waals surface area contributed by atoms with Crippen molar-refractivity contribution in [3.05, 3.63) is 0 Å². The lowest BCUT2D eigenvalue weighted by atomic mass is 10.0. The zero-order valence-electron chi connectivity index (χ0n) is 7.62. The summed E-state index contributed by atoms with van der Waals surface area (Å²) in [5.41, 5.74) is 0. The maximum absolute atomic E-state index is 9.45. The molecule has 1 unspecified atom stereocenters. The van der Waals surface area contributed by atoms with Crippen LogP contribution in [0.15, 0.2) is 0 Å². The quantitative estimate of drug-likeness (QED) is 0.437. The predicted octanol–water partition coefficient (Wildman–Crippen LogP) is -2.08. The van der Waals surface area contributed by atoms with Crippen LogP contribution in [0.5, 0.6) is 0 Å². The molecule has 1 aliphatic rings. The lowest BCUT2D eigenvalue weighted by Crippen LogP contribution is -2.57. The van der Waals surface area contributed by atoms with E-state index in [4.69, 9.17) is 14.7 Å². The minimum atomic E-state index is -1.20. The second kappa shape index (κ2) is 4.32. The van der Waals surface area contributed by atoms with Crippen molar-refractivity contribution in [1.29, 1.82) is 0 Å². The fraction of sp³-hybridized carbons (Fsp3) is 1.00. The minimum Gasteiger partial charge on any atom is -0.388 e. The monoisotopic (exact) mass is 193 g/mol. The Morgan fingerprint density at radius 2 is 1.92 bits per heavy atom. The van der Waals surface area contributed by atoms with Crippen molar-refractivity contribution in [2.75, 3.05) is 20.8 Å². The van der Waals surface area contributed by atoms with Gasteiger partial charge < -0.3 is 20.1 Å². The number of hydrogen-bond acceptors (Lipinski definition) is 6. The van der Waals surface area contributed by atoms with Crippen LogP contribution in [0.2, 0.25) is 0 Å². The molecule has 0 bridgehead atoms. The predicted molar refractivity (Wildman–Crippen MR) is 42.5 cm³/mol. The number of aliphatic hydroxyl groups is 3. The van der Waals surface area contributed by atoms with Gasteiger partial charge in [-0.1, -0.05) is 0 Å². The summed E-state index contributed by atoms with van der Waals surface area (Å²) in [5.74, 6) is 0. The molecule has 1 aliphatic heterocycles. The van der Waals surface area contributed by atoms with Crippen LogP contribution in [0.25, 0.3) is 0 Å². The summed E-state index contributed by atoms with van der Waals surface area (Å²) in [6.45, 7) is -0.0173. The number of hydrogen-bond donors (Lipinski definition) is 3. The average Bonchev–Trinajstić information content (AvgIpc) is 2.13. The molecule has 0 aliphatic carbocycles. The SMILES string of the molecule is CON(C)[C@@H]1OC[C@@H](O)C(O)[C@H]1O. The van der Waals surface area contributed by atoms with Crippen molar-refractivity contribution in [1.82, 2.24) is 5.06 Å². The van der Waals surface area contributed by atoms with Gasteiger partial charge in [0, 0.05) is 7.05 Å². The first-order valence-corrected chi connectivity index (χ1v) is 4.00. The molecule has 1 fully saturated rings. The van der Waals surface area contributed by atoms with Gasteiger partial charge in [-0.2, -0.15) is 5.06 Å². The van der Waals surface area contributed by atoms with E-state index >= 15 is 0 Å². The first kappa shape index (κ1) is 10.8. The molecule has 6 heteroatoms. The van der Waals surface area contributed by atoms with Crippen molar-refractivity contribution in [3.63, 3.8) is 0 Å². The highest BCUT2D eigenvalue weighted by atomic mass is 16.7. The van der Waals surface area contributed by atoms with Gasteiger partial charge in [0.15, 0.2) is 6.23 Å². The number of likely N-dealkylation sites (N-methyl/N-ethyl adjacent to an activating group) is 1. The molecule has 78 valence electrons. The second-order valence-electron chi connectivity index (χ2n) is 3.00. The summed E-state index contributed by atoms with van der Waals surface area (Å²) in [6.07, 6.45) is -4.16. The molecule has 0 amide bonds. The summed E-state index contributed by atoms with van der Waals surface area (Å²) in [4.78, 5) is 4.80. The molecule has 4 atom stereocenters. The maximum atomic E-state index is 9.45. The van der Waals surface area contributed by atoms with E-state index in [0.29, 0.717) is 0 Å². The third-order valence-corrected chi connectivity index (χ3v) is 2.12. The van der Waals surface area contributed by atoms with Gasteiger partial charge in [-0.3, -0.25) is 4.84 Å². The Morgan fingerprint density at radius 3 is 2.46 bits per heavy atom. The van der Waals surface area contributed by atoms with Gasteiger partial charge in [0.2, 0.25) is 0 Å². The number of hydroxylamine groups is 2. The van der Waals surface area contributed by atoms with Crippen LogP contribution in [0.1, 0.15) is 0 Å². The third kappa shape index (κ3) is 2.16. The van der Waals surface area contributed by atoms with Gasteiger partial charge in [0.25, 0.3) is 0 Å². The van der Waals surface area contributed by atoms with E-state index in [9.17, 15) is 10.2 Å². The molecule has 1 rings (SSSR count). The van der Waals surface area contributed by atoms with Crippen LogP contribution >= 0.6 is 0 Å². The van der Waals surface area contributed by atoms with Crippen LogP contribution in [0.4, 0.5) is 0 Å². The molecular weight excluding hydrogens is 178 g/mol. The number of aliphatic hydroxyl groups excluding tert-OH is 3. The van der Waals surface area contributed by atoms with Crippen LogP contribution in [0, 0.1) is 0 Å². The molecule has 1 saturated heterocycles. The highest BCUT2D eigenvalue weighted by Crippen LogP contribution is 2.17. The van der Waals surface area contributed by atoms with E-state index < -0.39 is 24.5 Å². The highest BCUT2D eigenvalue weighted by Gasteiger charge is 2.39. The topological polar surface area (TPSA) is 82.4 Å². The second-order valence-corrected chi connectivity index (χ2v) is 3.00. The minimum absolute atomic E-state index is 0.0173. The first-order valence-electron chi connectivity index (χ1n) is 4.00. The molecule has 1 heterocycles.